The van der Waals surface area contributed by atoms with Crippen molar-refractivity contribution in [1.29, 1.82) is 0 Å². The molecule has 2 fully saturated rings. The van der Waals surface area contributed by atoms with E-state index in [0.29, 0.717) is 48.3 Å². The van der Waals surface area contributed by atoms with Gasteiger partial charge in [0.25, 0.3) is 0 Å². The summed E-state index contributed by atoms with van der Waals surface area (Å²) >= 11 is 12.0. The van der Waals surface area contributed by atoms with Crippen LogP contribution in [0.25, 0.3) is 0 Å². The highest BCUT2D eigenvalue weighted by molar-refractivity contribution is 6.42. The molecule has 2 heterocycles. The van der Waals surface area contributed by atoms with E-state index in [0.717, 1.165) is 38.3 Å². The molecule has 2 saturated heterocycles. The first-order valence-electron chi connectivity index (χ1n) is 11.7. The zero-order valence-corrected chi connectivity index (χ0v) is 20.7. The van der Waals surface area contributed by atoms with Gasteiger partial charge in [0.1, 0.15) is 24.7 Å². The Hall–Kier alpha value is -2.19. The van der Waals surface area contributed by atoms with Crippen molar-refractivity contribution in [3.63, 3.8) is 0 Å². The van der Waals surface area contributed by atoms with Crippen LogP contribution in [-0.4, -0.2) is 72.5 Å². The Morgan fingerprint density at radius 2 is 1.76 bits per heavy atom. The predicted octanol–water partition coefficient (Wildman–Crippen LogP) is 4.19. The minimum absolute atomic E-state index is 0.0239. The standard InChI is InChI=1S/C25H31Cl2N3O4/c26-22-7-6-21(16-23(22)27)34-18-25(32)8-1-11-29(12-9-25)17-19-2-4-20(5-3-19)33-15-14-30-13-10-28-24(30)31/h2-7,16,32H,1,8-15,17-18H2,(H,28,31)/t25-/m0/s1. The Bertz CT molecular complexity index is 975. The molecule has 2 N–H and O–H groups in total. The molecule has 0 saturated carbocycles. The quantitative estimate of drug-likeness (QED) is 0.532. The first-order valence-corrected chi connectivity index (χ1v) is 12.4. The second kappa shape index (κ2) is 11.5. The fourth-order valence-electron chi connectivity index (χ4n) is 4.27. The van der Waals surface area contributed by atoms with Crippen LogP contribution in [0.15, 0.2) is 42.5 Å². The van der Waals surface area contributed by atoms with Gasteiger partial charge in [0.15, 0.2) is 0 Å². The van der Waals surface area contributed by atoms with Gasteiger partial charge in [-0.1, -0.05) is 35.3 Å². The first-order chi connectivity index (χ1) is 16.4. The molecule has 2 aliphatic heterocycles. The first kappa shape index (κ1) is 24.9. The van der Waals surface area contributed by atoms with Crippen molar-refractivity contribution in [1.82, 2.24) is 15.1 Å². The van der Waals surface area contributed by atoms with Gasteiger partial charge in [-0.2, -0.15) is 0 Å². The van der Waals surface area contributed by atoms with Gasteiger partial charge in [0.2, 0.25) is 0 Å². The monoisotopic (exact) mass is 507 g/mol. The van der Waals surface area contributed by atoms with Gasteiger partial charge >= 0.3 is 6.03 Å². The minimum Gasteiger partial charge on any atom is -0.492 e. The number of hydrogen-bond acceptors (Lipinski definition) is 5. The Morgan fingerprint density at radius 1 is 0.971 bits per heavy atom. The lowest BCUT2D eigenvalue weighted by atomic mass is 9.96. The number of ether oxygens (including phenoxy) is 2. The largest absolute Gasteiger partial charge is 0.492 e. The molecule has 184 valence electrons. The van der Waals surface area contributed by atoms with E-state index in [1.165, 1.54) is 5.56 Å². The second-order valence-corrected chi connectivity index (χ2v) is 9.74. The molecule has 2 aromatic carbocycles. The third-order valence-corrected chi connectivity index (χ3v) is 7.05. The van der Waals surface area contributed by atoms with E-state index in [1.807, 2.05) is 12.1 Å². The summed E-state index contributed by atoms with van der Waals surface area (Å²) in [6, 6.07) is 13.2. The average Bonchev–Trinajstić information content (AvgIpc) is 3.14. The van der Waals surface area contributed by atoms with Crippen molar-refractivity contribution < 1.29 is 19.4 Å². The Morgan fingerprint density at radius 3 is 2.50 bits per heavy atom. The van der Waals surface area contributed by atoms with E-state index in [-0.39, 0.29) is 12.6 Å². The maximum atomic E-state index is 11.6. The van der Waals surface area contributed by atoms with Gasteiger partial charge in [-0.25, -0.2) is 4.79 Å². The van der Waals surface area contributed by atoms with Crippen LogP contribution in [0, 0.1) is 0 Å². The van der Waals surface area contributed by atoms with Gasteiger partial charge in [0.05, 0.1) is 22.2 Å². The zero-order valence-electron chi connectivity index (χ0n) is 19.1. The number of likely N-dealkylation sites (tertiary alicyclic amines) is 1. The third-order valence-electron chi connectivity index (χ3n) is 6.31. The summed E-state index contributed by atoms with van der Waals surface area (Å²) in [5, 5.41) is 14.8. The molecule has 0 spiro atoms. The molecule has 0 bridgehead atoms. The fourth-order valence-corrected chi connectivity index (χ4v) is 4.56. The maximum absolute atomic E-state index is 11.6. The van der Waals surface area contributed by atoms with E-state index in [9.17, 15) is 9.90 Å². The Labute approximate surface area is 210 Å². The van der Waals surface area contributed by atoms with Gasteiger partial charge in [-0.05, 0) is 55.6 Å². The lowest BCUT2D eigenvalue weighted by molar-refractivity contribution is -0.0168. The Kier molecular flexibility index (Phi) is 8.42. The number of hydrogen-bond donors (Lipinski definition) is 2. The van der Waals surface area contributed by atoms with Crippen molar-refractivity contribution in [3.05, 3.63) is 58.1 Å². The highest BCUT2D eigenvalue weighted by atomic mass is 35.5. The number of halogens is 2. The normalized spacial score (nSPS) is 21.3. The third kappa shape index (κ3) is 6.92. The lowest BCUT2D eigenvalue weighted by Crippen LogP contribution is -2.37. The van der Waals surface area contributed by atoms with Gasteiger partial charge in [-0.15, -0.1) is 0 Å². The molecule has 2 aromatic rings. The molecule has 0 aromatic heterocycles. The highest BCUT2D eigenvalue weighted by Crippen LogP contribution is 2.29. The van der Waals surface area contributed by atoms with Crippen LogP contribution in [0.5, 0.6) is 11.5 Å². The molecule has 7 nitrogen and oxygen atoms in total. The van der Waals surface area contributed by atoms with Crippen LogP contribution in [0.3, 0.4) is 0 Å². The van der Waals surface area contributed by atoms with Crippen LogP contribution < -0.4 is 14.8 Å². The van der Waals surface area contributed by atoms with Gasteiger partial charge in [-0.3, -0.25) is 4.90 Å². The van der Waals surface area contributed by atoms with Crippen LogP contribution in [0.1, 0.15) is 24.8 Å². The number of aliphatic hydroxyl groups is 1. The molecule has 0 unspecified atom stereocenters. The smallest absolute Gasteiger partial charge is 0.317 e. The van der Waals surface area contributed by atoms with Crippen molar-refractivity contribution in [2.75, 3.05) is 45.9 Å². The summed E-state index contributed by atoms with van der Waals surface area (Å²) in [4.78, 5) is 15.7. The van der Waals surface area contributed by atoms with E-state index < -0.39 is 5.60 Å². The molecule has 9 heteroatoms. The summed E-state index contributed by atoms with van der Waals surface area (Å²) in [6.07, 6.45) is 2.22. The summed E-state index contributed by atoms with van der Waals surface area (Å²) < 4.78 is 11.6. The molecule has 0 radical (unpaired) electrons. The van der Waals surface area contributed by atoms with Crippen LogP contribution >= 0.6 is 23.2 Å². The number of carbonyl (C=O) groups excluding carboxylic acids is 1. The van der Waals surface area contributed by atoms with Crippen molar-refractivity contribution in [2.45, 2.75) is 31.4 Å². The number of nitrogens with zero attached hydrogens (tertiary/aromatic N) is 2. The molecular weight excluding hydrogens is 477 g/mol. The molecule has 34 heavy (non-hydrogen) atoms. The zero-order chi connectivity index (χ0) is 24.0. The lowest BCUT2D eigenvalue weighted by Gasteiger charge is -2.27. The molecule has 4 rings (SSSR count). The van der Waals surface area contributed by atoms with E-state index in [4.69, 9.17) is 32.7 Å². The van der Waals surface area contributed by atoms with Crippen molar-refractivity contribution >= 4 is 29.2 Å². The summed E-state index contributed by atoms with van der Waals surface area (Å²) in [6.45, 7) is 5.24. The number of rotatable bonds is 9. The average molecular weight is 508 g/mol. The van der Waals surface area contributed by atoms with Gasteiger partial charge < -0.3 is 24.8 Å². The maximum Gasteiger partial charge on any atom is 0.317 e. The van der Waals surface area contributed by atoms with Crippen molar-refractivity contribution in [2.24, 2.45) is 0 Å². The fraction of sp³-hybridized carbons (Fsp3) is 0.480. The summed E-state index contributed by atoms with van der Waals surface area (Å²) in [5.74, 6) is 1.41. The topological polar surface area (TPSA) is 74.3 Å². The van der Waals surface area contributed by atoms with Crippen molar-refractivity contribution in [3.8, 4) is 11.5 Å². The van der Waals surface area contributed by atoms with E-state index in [2.05, 4.69) is 22.3 Å². The van der Waals surface area contributed by atoms with Crippen LogP contribution in [0.2, 0.25) is 10.0 Å². The van der Waals surface area contributed by atoms with E-state index >= 15 is 0 Å². The molecule has 2 amide bonds. The summed E-state index contributed by atoms with van der Waals surface area (Å²) in [5.41, 5.74) is 0.328. The molecule has 1 atom stereocenters. The summed E-state index contributed by atoms with van der Waals surface area (Å²) in [7, 11) is 0. The van der Waals surface area contributed by atoms with E-state index in [1.54, 1.807) is 23.1 Å². The number of carbonyl (C=O) groups is 1. The number of amides is 2. The van der Waals surface area contributed by atoms with Gasteiger partial charge in [0, 0.05) is 32.2 Å². The Balaban J connectivity index is 1.21. The number of nitrogens with one attached hydrogen (secondary N) is 1. The predicted molar refractivity (Wildman–Crippen MR) is 133 cm³/mol. The molecule has 0 aliphatic carbocycles. The van der Waals surface area contributed by atoms with Crippen LogP contribution in [-0.2, 0) is 6.54 Å². The number of urea groups is 1. The minimum atomic E-state index is -0.870. The second-order valence-electron chi connectivity index (χ2n) is 8.93. The SMILES string of the molecule is O=C1NCCN1CCOc1ccc(CN2CCC[C@@](O)(COc3ccc(Cl)c(Cl)c3)CC2)cc1. The number of benzene rings is 2. The molecule has 2 aliphatic rings. The molecular formula is C25H31Cl2N3O4. The highest BCUT2D eigenvalue weighted by Gasteiger charge is 2.31. The van der Waals surface area contributed by atoms with Crippen LogP contribution in [0.4, 0.5) is 4.79 Å².